The third-order valence-electron chi connectivity index (χ3n) is 3.97. The molecule has 0 radical (unpaired) electrons. The SMILES string of the molecule is CCNc1nc(SCc2cccc(S(=O)(=O)N(C)C)c2)nc2ccccc12. The number of nitrogens with zero attached hydrogens (tertiary/aromatic N) is 3. The minimum atomic E-state index is -3.44. The molecule has 1 N–H and O–H groups in total. The monoisotopic (exact) mass is 402 g/mol. The molecule has 1 aromatic heterocycles. The van der Waals surface area contributed by atoms with Crippen molar-refractivity contribution in [2.45, 2.75) is 22.7 Å². The average Bonchev–Trinajstić information content (AvgIpc) is 2.67. The first kappa shape index (κ1) is 19.6. The maximum absolute atomic E-state index is 12.3. The molecule has 0 aliphatic rings. The van der Waals surface area contributed by atoms with Gasteiger partial charge in [-0.25, -0.2) is 22.7 Å². The first-order valence-electron chi connectivity index (χ1n) is 8.56. The van der Waals surface area contributed by atoms with Gasteiger partial charge in [0, 0.05) is 31.8 Å². The fourth-order valence-electron chi connectivity index (χ4n) is 2.58. The number of para-hydroxylation sites is 1. The lowest BCUT2D eigenvalue weighted by Crippen LogP contribution is -2.22. The van der Waals surface area contributed by atoms with E-state index in [1.165, 1.54) is 30.2 Å². The minimum Gasteiger partial charge on any atom is -0.370 e. The number of fused-ring (bicyclic) bond motifs is 1. The molecule has 2 aromatic carbocycles. The number of sulfonamides is 1. The maximum atomic E-state index is 12.3. The summed E-state index contributed by atoms with van der Waals surface area (Å²) in [5, 5.41) is 4.93. The second kappa shape index (κ2) is 8.24. The van der Waals surface area contributed by atoms with Gasteiger partial charge in [0.15, 0.2) is 5.16 Å². The van der Waals surface area contributed by atoms with Crippen LogP contribution in [-0.4, -0.2) is 43.3 Å². The molecule has 1 heterocycles. The Morgan fingerprint density at radius 1 is 1.07 bits per heavy atom. The molecular weight excluding hydrogens is 380 g/mol. The van der Waals surface area contributed by atoms with E-state index in [0.717, 1.165) is 28.8 Å². The second-order valence-corrected chi connectivity index (χ2v) is 9.22. The molecule has 3 aromatic rings. The van der Waals surface area contributed by atoms with Crippen LogP contribution in [-0.2, 0) is 15.8 Å². The van der Waals surface area contributed by atoms with Gasteiger partial charge in [0.25, 0.3) is 0 Å². The fourth-order valence-corrected chi connectivity index (χ4v) is 4.34. The zero-order valence-corrected chi connectivity index (χ0v) is 17.1. The molecule has 0 fully saturated rings. The summed E-state index contributed by atoms with van der Waals surface area (Å²) in [4.78, 5) is 9.53. The number of benzene rings is 2. The molecule has 0 aliphatic heterocycles. The van der Waals surface area contributed by atoms with E-state index in [2.05, 4.69) is 15.3 Å². The average molecular weight is 403 g/mol. The Morgan fingerprint density at radius 2 is 1.85 bits per heavy atom. The van der Waals surface area contributed by atoms with Crippen molar-refractivity contribution in [2.75, 3.05) is 26.0 Å². The molecular formula is C19H22N4O2S2. The molecule has 142 valence electrons. The predicted octanol–water partition coefficient (Wildman–Crippen LogP) is 3.60. The Hall–Kier alpha value is -2.16. The van der Waals surface area contributed by atoms with Crippen LogP contribution in [0.25, 0.3) is 10.9 Å². The molecule has 6 nitrogen and oxygen atoms in total. The van der Waals surface area contributed by atoms with E-state index < -0.39 is 10.0 Å². The van der Waals surface area contributed by atoms with Crippen LogP contribution in [0.3, 0.4) is 0 Å². The van der Waals surface area contributed by atoms with Gasteiger partial charge in [-0.3, -0.25) is 0 Å². The van der Waals surface area contributed by atoms with Crippen molar-refractivity contribution in [3.05, 3.63) is 54.1 Å². The van der Waals surface area contributed by atoms with Gasteiger partial charge in [-0.1, -0.05) is 36.0 Å². The maximum Gasteiger partial charge on any atom is 0.242 e. The van der Waals surface area contributed by atoms with Gasteiger partial charge in [-0.15, -0.1) is 0 Å². The molecule has 0 aliphatic carbocycles. The molecule has 0 atom stereocenters. The smallest absolute Gasteiger partial charge is 0.242 e. The number of rotatable bonds is 7. The summed E-state index contributed by atoms with van der Waals surface area (Å²) >= 11 is 1.49. The zero-order chi connectivity index (χ0) is 19.4. The van der Waals surface area contributed by atoms with Crippen LogP contribution in [0.15, 0.2) is 58.6 Å². The number of anilines is 1. The largest absolute Gasteiger partial charge is 0.370 e. The van der Waals surface area contributed by atoms with Gasteiger partial charge in [-0.05, 0) is 36.8 Å². The van der Waals surface area contributed by atoms with Crippen LogP contribution in [0.4, 0.5) is 5.82 Å². The summed E-state index contributed by atoms with van der Waals surface area (Å²) in [5.41, 5.74) is 1.79. The van der Waals surface area contributed by atoms with E-state index in [9.17, 15) is 8.42 Å². The number of hydrogen-bond acceptors (Lipinski definition) is 6. The van der Waals surface area contributed by atoms with Crippen molar-refractivity contribution in [3.63, 3.8) is 0 Å². The predicted molar refractivity (Wildman–Crippen MR) is 111 cm³/mol. The molecule has 27 heavy (non-hydrogen) atoms. The second-order valence-electron chi connectivity index (χ2n) is 6.13. The van der Waals surface area contributed by atoms with E-state index in [0.29, 0.717) is 15.8 Å². The minimum absolute atomic E-state index is 0.290. The van der Waals surface area contributed by atoms with E-state index in [-0.39, 0.29) is 0 Å². The van der Waals surface area contributed by atoms with Gasteiger partial charge in [0.05, 0.1) is 10.4 Å². The quantitative estimate of drug-likeness (QED) is 0.481. The van der Waals surface area contributed by atoms with Crippen molar-refractivity contribution in [1.29, 1.82) is 0 Å². The van der Waals surface area contributed by atoms with Crippen LogP contribution in [0.2, 0.25) is 0 Å². The lowest BCUT2D eigenvalue weighted by molar-refractivity contribution is 0.520. The van der Waals surface area contributed by atoms with Gasteiger partial charge in [0.1, 0.15) is 5.82 Å². The highest BCUT2D eigenvalue weighted by Gasteiger charge is 2.17. The molecule has 0 saturated carbocycles. The van der Waals surface area contributed by atoms with E-state index in [1.54, 1.807) is 18.2 Å². The van der Waals surface area contributed by atoms with Crippen LogP contribution in [0.1, 0.15) is 12.5 Å². The van der Waals surface area contributed by atoms with Crippen molar-refractivity contribution >= 4 is 38.5 Å². The number of nitrogens with one attached hydrogen (secondary N) is 1. The number of thioether (sulfide) groups is 1. The standard InChI is InChI=1S/C19H22N4O2S2/c1-4-20-18-16-10-5-6-11-17(16)21-19(22-18)26-13-14-8-7-9-15(12-14)27(24,25)23(2)3/h5-12H,4,13H2,1-3H3,(H,20,21,22). The fraction of sp³-hybridized carbons (Fsp3) is 0.263. The van der Waals surface area contributed by atoms with Gasteiger partial charge >= 0.3 is 0 Å². The molecule has 3 rings (SSSR count). The van der Waals surface area contributed by atoms with Crippen molar-refractivity contribution in [1.82, 2.24) is 14.3 Å². The Morgan fingerprint density at radius 3 is 2.59 bits per heavy atom. The Bertz CT molecular complexity index is 1050. The Balaban J connectivity index is 1.85. The van der Waals surface area contributed by atoms with Gasteiger partial charge in [-0.2, -0.15) is 0 Å². The summed E-state index contributed by atoms with van der Waals surface area (Å²) in [7, 11) is -0.383. The van der Waals surface area contributed by atoms with Crippen LogP contribution in [0.5, 0.6) is 0 Å². The van der Waals surface area contributed by atoms with Gasteiger partial charge < -0.3 is 5.32 Å². The first-order chi connectivity index (χ1) is 12.9. The normalized spacial score (nSPS) is 11.9. The van der Waals surface area contributed by atoms with E-state index in [4.69, 9.17) is 0 Å². The van der Waals surface area contributed by atoms with Gasteiger partial charge in [0.2, 0.25) is 10.0 Å². The topological polar surface area (TPSA) is 75.2 Å². The third kappa shape index (κ3) is 4.40. The Kier molecular flexibility index (Phi) is 5.98. The van der Waals surface area contributed by atoms with Crippen molar-refractivity contribution < 1.29 is 8.42 Å². The van der Waals surface area contributed by atoms with Crippen LogP contribution < -0.4 is 5.32 Å². The zero-order valence-electron chi connectivity index (χ0n) is 15.5. The van der Waals surface area contributed by atoms with Crippen LogP contribution >= 0.6 is 11.8 Å². The number of hydrogen-bond donors (Lipinski definition) is 1. The molecule has 0 bridgehead atoms. The third-order valence-corrected chi connectivity index (χ3v) is 6.70. The summed E-state index contributed by atoms with van der Waals surface area (Å²) in [6.45, 7) is 2.80. The summed E-state index contributed by atoms with van der Waals surface area (Å²) < 4.78 is 25.8. The number of aromatic nitrogens is 2. The summed E-state index contributed by atoms with van der Waals surface area (Å²) in [6, 6.07) is 14.9. The first-order valence-corrected chi connectivity index (χ1v) is 11.0. The molecule has 0 saturated heterocycles. The lowest BCUT2D eigenvalue weighted by Gasteiger charge is -2.12. The van der Waals surface area contributed by atoms with Crippen LogP contribution in [0, 0.1) is 0 Å². The highest BCUT2D eigenvalue weighted by molar-refractivity contribution is 7.98. The molecule has 0 amide bonds. The highest BCUT2D eigenvalue weighted by Crippen LogP contribution is 2.27. The molecule has 0 spiro atoms. The molecule has 0 unspecified atom stereocenters. The van der Waals surface area contributed by atoms with Crippen molar-refractivity contribution in [3.8, 4) is 0 Å². The summed E-state index contributed by atoms with van der Waals surface area (Å²) in [5.74, 6) is 1.40. The Labute approximate surface area is 164 Å². The highest BCUT2D eigenvalue weighted by atomic mass is 32.2. The van der Waals surface area contributed by atoms with Crippen molar-refractivity contribution in [2.24, 2.45) is 0 Å². The van der Waals surface area contributed by atoms with E-state index in [1.807, 2.05) is 37.3 Å². The molecule has 8 heteroatoms. The summed E-state index contributed by atoms with van der Waals surface area (Å²) in [6.07, 6.45) is 0. The lowest BCUT2D eigenvalue weighted by atomic mass is 10.2. The van der Waals surface area contributed by atoms with E-state index >= 15 is 0 Å².